The molecule has 0 saturated carbocycles. The quantitative estimate of drug-likeness (QED) is 0.923. The molecule has 1 aliphatic heterocycles. The summed E-state index contributed by atoms with van der Waals surface area (Å²) in [5, 5.41) is 11.4. The first kappa shape index (κ1) is 17.1. The molecular weight excluding hydrogens is 320 g/mol. The highest BCUT2D eigenvalue weighted by Gasteiger charge is 2.38. The first-order chi connectivity index (χ1) is 11.4. The Bertz CT molecular complexity index is 724. The van der Waals surface area contributed by atoms with Crippen molar-refractivity contribution in [3.63, 3.8) is 0 Å². The lowest BCUT2D eigenvalue weighted by atomic mass is 9.81. The van der Waals surface area contributed by atoms with Gasteiger partial charge in [-0.1, -0.05) is 37.3 Å². The zero-order chi connectivity index (χ0) is 17.3. The largest absolute Gasteiger partial charge is 0.390 e. The van der Waals surface area contributed by atoms with Crippen molar-refractivity contribution in [2.45, 2.75) is 39.2 Å². The molecule has 128 valence electrons. The molecule has 1 aromatic carbocycles. The molecule has 5 heteroatoms. The van der Waals surface area contributed by atoms with Crippen LogP contribution in [-0.2, 0) is 0 Å². The predicted molar refractivity (Wildman–Crippen MR) is 97.2 cm³/mol. The van der Waals surface area contributed by atoms with E-state index >= 15 is 0 Å². The summed E-state index contributed by atoms with van der Waals surface area (Å²) in [4.78, 5) is 20.3. The van der Waals surface area contributed by atoms with Gasteiger partial charge in [0.1, 0.15) is 4.88 Å². The second-order valence-electron chi connectivity index (χ2n) is 6.74. The van der Waals surface area contributed by atoms with Crippen LogP contribution < -0.4 is 0 Å². The number of nitrogens with zero attached hydrogens (tertiary/aromatic N) is 2. The number of amides is 1. The van der Waals surface area contributed by atoms with E-state index in [1.807, 2.05) is 49.1 Å². The maximum atomic E-state index is 13.1. The average molecular weight is 344 g/mol. The highest BCUT2D eigenvalue weighted by atomic mass is 32.1. The van der Waals surface area contributed by atoms with Gasteiger partial charge in [-0.3, -0.25) is 4.79 Å². The van der Waals surface area contributed by atoms with Crippen molar-refractivity contribution in [3.8, 4) is 11.3 Å². The molecular formula is C19H24N2O2S. The van der Waals surface area contributed by atoms with Crippen molar-refractivity contribution in [2.75, 3.05) is 13.1 Å². The number of carbonyl (C=O) groups is 1. The fourth-order valence-corrected chi connectivity index (χ4v) is 4.29. The fourth-order valence-electron chi connectivity index (χ4n) is 3.38. The van der Waals surface area contributed by atoms with E-state index in [9.17, 15) is 9.90 Å². The van der Waals surface area contributed by atoms with Crippen LogP contribution in [0.1, 0.15) is 41.4 Å². The Kier molecular flexibility index (Phi) is 4.74. The molecule has 1 amide bonds. The Morgan fingerprint density at radius 1 is 1.42 bits per heavy atom. The summed E-state index contributed by atoms with van der Waals surface area (Å²) >= 11 is 1.45. The van der Waals surface area contributed by atoms with E-state index in [0.29, 0.717) is 24.4 Å². The van der Waals surface area contributed by atoms with Gasteiger partial charge >= 0.3 is 0 Å². The maximum Gasteiger partial charge on any atom is 0.266 e. The summed E-state index contributed by atoms with van der Waals surface area (Å²) in [7, 11) is 0. The summed E-state index contributed by atoms with van der Waals surface area (Å²) in [6.07, 6.45) is 1.49. The predicted octanol–water partition coefficient (Wildman–Crippen LogP) is 3.74. The lowest BCUT2D eigenvalue weighted by Gasteiger charge is -2.42. The fraction of sp³-hybridized carbons (Fsp3) is 0.474. The lowest BCUT2D eigenvalue weighted by Crippen LogP contribution is -2.51. The zero-order valence-electron chi connectivity index (χ0n) is 14.5. The Balaban J connectivity index is 1.89. The van der Waals surface area contributed by atoms with Crippen LogP contribution in [0.15, 0.2) is 30.3 Å². The van der Waals surface area contributed by atoms with Gasteiger partial charge in [0.25, 0.3) is 5.91 Å². The van der Waals surface area contributed by atoms with Crippen molar-refractivity contribution in [2.24, 2.45) is 5.92 Å². The number of aromatic nitrogens is 1. The second-order valence-corrected chi connectivity index (χ2v) is 7.94. The van der Waals surface area contributed by atoms with Crippen molar-refractivity contribution in [3.05, 3.63) is 40.2 Å². The number of piperidine rings is 1. The standard InChI is InChI=1S/C19H24N2O2S/c1-4-15-12-21(11-10-19(15,3)23)18(22)17-16(20-13(2)24-17)14-8-6-5-7-9-14/h5-9,15,23H,4,10-12H2,1-3H3/t15-,19+/m1/s1. The number of benzene rings is 1. The normalized spacial score (nSPS) is 24.2. The highest BCUT2D eigenvalue weighted by Crippen LogP contribution is 2.33. The smallest absolute Gasteiger partial charge is 0.266 e. The number of hydrogen-bond donors (Lipinski definition) is 1. The van der Waals surface area contributed by atoms with E-state index in [1.165, 1.54) is 11.3 Å². The molecule has 3 rings (SSSR count). The average Bonchev–Trinajstić information content (AvgIpc) is 2.97. The van der Waals surface area contributed by atoms with Gasteiger partial charge < -0.3 is 10.0 Å². The summed E-state index contributed by atoms with van der Waals surface area (Å²) in [5.74, 6) is 0.151. The molecule has 1 N–H and O–H groups in total. The van der Waals surface area contributed by atoms with Crippen LogP contribution in [0.2, 0.25) is 0 Å². The molecule has 2 aromatic rings. The van der Waals surface area contributed by atoms with Gasteiger partial charge in [0.2, 0.25) is 0 Å². The third-order valence-electron chi connectivity index (χ3n) is 4.96. The van der Waals surface area contributed by atoms with E-state index in [2.05, 4.69) is 11.9 Å². The Morgan fingerprint density at radius 2 is 2.12 bits per heavy atom. The Labute approximate surface area is 147 Å². The molecule has 1 saturated heterocycles. The second kappa shape index (κ2) is 6.65. The van der Waals surface area contributed by atoms with Gasteiger partial charge in [0.05, 0.1) is 16.3 Å². The molecule has 1 aromatic heterocycles. The van der Waals surface area contributed by atoms with Crippen LogP contribution in [-0.4, -0.2) is 39.6 Å². The molecule has 1 aliphatic rings. The SMILES string of the molecule is CC[C@@H]1CN(C(=O)c2sc(C)nc2-c2ccccc2)CC[C@]1(C)O. The van der Waals surface area contributed by atoms with Crippen molar-refractivity contribution in [1.29, 1.82) is 0 Å². The van der Waals surface area contributed by atoms with Crippen LogP contribution in [0.3, 0.4) is 0 Å². The third-order valence-corrected chi connectivity index (χ3v) is 5.92. The molecule has 0 aliphatic carbocycles. The number of aliphatic hydroxyl groups is 1. The molecule has 4 nitrogen and oxygen atoms in total. The molecule has 0 radical (unpaired) electrons. The first-order valence-electron chi connectivity index (χ1n) is 8.47. The van der Waals surface area contributed by atoms with Gasteiger partial charge in [-0.2, -0.15) is 0 Å². The molecule has 1 fully saturated rings. The van der Waals surface area contributed by atoms with Crippen LogP contribution in [0.25, 0.3) is 11.3 Å². The van der Waals surface area contributed by atoms with Crippen LogP contribution >= 0.6 is 11.3 Å². The highest BCUT2D eigenvalue weighted by molar-refractivity contribution is 7.14. The minimum Gasteiger partial charge on any atom is -0.390 e. The van der Waals surface area contributed by atoms with Gasteiger partial charge in [0, 0.05) is 24.6 Å². The third kappa shape index (κ3) is 3.23. The van der Waals surface area contributed by atoms with E-state index in [-0.39, 0.29) is 11.8 Å². The number of carbonyl (C=O) groups excluding carboxylic acids is 1. The van der Waals surface area contributed by atoms with E-state index < -0.39 is 5.60 Å². The van der Waals surface area contributed by atoms with Crippen LogP contribution in [0.5, 0.6) is 0 Å². The Morgan fingerprint density at radius 3 is 2.79 bits per heavy atom. The molecule has 0 unspecified atom stereocenters. The molecule has 2 atom stereocenters. The lowest BCUT2D eigenvalue weighted by molar-refractivity contribution is -0.0520. The van der Waals surface area contributed by atoms with E-state index in [4.69, 9.17) is 0 Å². The zero-order valence-corrected chi connectivity index (χ0v) is 15.3. The number of rotatable bonds is 3. The van der Waals surface area contributed by atoms with E-state index in [0.717, 1.165) is 22.7 Å². The van der Waals surface area contributed by atoms with E-state index in [1.54, 1.807) is 0 Å². The first-order valence-corrected chi connectivity index (χ1v) is 9.28. The van der Waals surface area contributed by atoms with Crippen LogP contribution in [0.4, 0.5) is 0 Å². The summed E-state index contributed by atoms with van der Waals surface area (Å²) in [6.45, 7) is 7.08. The number of thiazole rings is 1. The molecule has 2 heterocycles. The monoisotopic (exact) mass is 344 g/mol. The summed E-state index contributed by atoms with van der Waals surface area (Å²) in [5.41, 5.74) is 1.06. The van der Waals surface area contributed by atoms with Gasteiger partial charge in [-0.05, 0) is 26.7 Å². The minimum absolute atomic E-state index is 0.0356. The number of likely N-dealkylation sites (tertiary alicyclic amines) is 1. The minimum atomic E-state index is -0.683. The number of hydrogen-bond acceptors (Lipinski definition) is 4. The molecule has 0 bridgehead atoms. The summed E-state index contributed by atoms with van der Waals surface area (Å²) < 4.78 is 0. The number of aryl methyl sites for hydroxylation is 1. The van der Waals surface area contributed by atoms with Crippen LogP contribution in [0, 0.1) is 12.8 Å². The van der Waals surface area contributed by atoms with Gasteiger partial charge in [-0.25, -0.2) is 4.98 Å². The maximum absolute atomic E-state index is 13.1. The van der Waals surface area contributed by atoms with Crippen molar-refractivity contribution < 1.29 is 9.90 Å². The molecule has 24 heavy (non-hydrogen) atoms. The van der Waals surface area contributed by atoms with Gasteiger partial charge in [-0.15, -0.1) is 11.3 Å². The van der Waals surface area contributed by atoms with Crippen molar-refractivity contribution in [1.82, 2.24) is 9.88 Å². The molecule has 0 spiro atoms. The Hall–Kier alpha value is -1.72. The van der Waals surface area contributed by atoms with Crippen molar-refractivity contribution >= 4 is 17.2 Å². The topological polar surface area (TPSA) is 53.4 Å². The summed E-state index contributed by atoms with van der Waals surface area (Å²) in [6, 6.07) is 9.86. The van der Waals surface area contributed by atoms with Gasteiger partial charge in [0.15, 0.2) is 0 Å².